The van der Waals surface area contributed by atoms with Crippen molar-refractivity contribution < 1.29 is 9.47 Å². The fraction of sp³-hybridized carbons (Fsp3) is 1.00. The molecule has 11 heavy (non-hydrogen) atoms. The molecule has 0 amide bonds. The van der Waals surface area contributed by atoms with Crippen molar-refractivity contribution in [1.29, 1.82) is 0 Å². The molecule has 3 fully saturated rings. The molecule has 1 aliphatic carbocycles. The van der Waals surface area contributed by atoms with Crippen LogP contribution in [-0.2, 0) is 9.47 Å². The topological polar surface area (TPSA) is 21.8 Å². The van der Waals surface area contributed by atoms with Crippen LogP contribution >= 0.6 is 0 Å². The second-order valence-electron chi connectivity index (χ2n) is 4.04. The summed E-state index contributed by atoms with van der Waals surface area (Å²) in [6, 6.07) is 0. The summed E-state index contributed by atoms with van der Waals surface area (Å²) in [4.78, 5) is 0. The summed E-state index contributed by atoms with van der Waals surface area (Å²) in [6.07, 6.45) is 5.85. The highest BCUT2D eigenvalue weighted by atomic mass is 16.6. The van der Waals surface area contributed by atoms with E-state index in [2.05, 4.69) is 0 Å². The molecule has 0 aromatic carbocycles. The van der Waals surface area contributed by atoms with Gasteiger partial charge in [0.2, 0.25) is 0 Å². The fourth-order valence-electron chi connectivity index (χ4n) is 2.77. The molecule has 1 spiro atoms. The first-order chi connectivity index (χ1) is 5.42. The average molecular weight is 154 g/mol. The Kier molecular flexibility index (Phi) is 1.16. The maximum atomic E-state index is 5.74. The van der Waals surface area contributed by atoms with E-state index >= 15 is 0 Å². The van der Waals surface area contributed by atoms with Gasteiger partial charge in [-0.3, -0.25) is 0 Å². The third-order valence-corrected chi connectivity index (χ3v) is 3.50. The summed E-state index contributed by atoms with van der Waals surface area (Å²) < 4.78 is 11.2. The normalized spacial score (nSPS) is 54.5. The van der Waals surface area contributed by atoms with Crippen molar-refractivity contribution in [2.24, 2.45) is 5.92 Å². The number of rotatable bonds is 0. The van der Waals surface area contributed by atoms with Gasteiger partial charge in [-0.15, -0.1) is 0 Å². The van der Waals surface area contributed by atoms with E-state index in [1.807, 2.05) is 0 Å². The summed E-state index contributed by atoms with van der Waals surface area (Å²) in [5, 5.41) is 0. The molecule has 2 unspecified atom stereocenters. The number of hydrogen-bond acceptors (Lipinski definition) is 2. The Labute approximate surface area is 66.9 Å². The van der Waals surface area contributed by atoms with Crippen molar-refractivity contribution in [3.05, 3.63) is 0 Å². The Bertz CT molecular complexity index is 178. The van der Waals surface area contributed by atoms with Crippen LogP contribution in [0.15, 0.2) is 0 Å². The lowest BCUT2D eigenvalue weighted by Crippen LogP contribution is -2.39. The number of ether oxygens (including phenoxy) is 2. The largest absolute Gasteiger partial charge is 0.378 e. The summed E-state index contributed by atoms with van der Waals surface area (Å²) >= 11 is 0. The van der Waals surface area contributed by atoms with Crippen molar-refractivity contribution in [3.8, 4) is 0 Å². The molecule has 0 aromatic rings. The van der Waals surface area contributed by atoms with Crippen molar-refractivity contribution >= 4 is 0 Å². The summed E-state index contributed by atoms with van der Waals surface area (Å²) in [5.74, 6) is 0.731. The van der Waals surface area contributed by atoms with Gasteiger partial charge in [0, 0.05) is 5.92 Å². The molecule has 2 heterocycles. The predicted octanol–water partition coefficient (Wildman–Crippen LogP) is 1.34. The van der Waals surface area contributed by atoms with Gasteiger partial charge in [-0.25, -0.2) is 0 Å². The zero-order chi connectivity index (χ0) is 7.31. The summed E-state index contributed by atoms with van der Waals surface area (Å²) in [5.41, 5.74) is 0.316. The zero-order valence-corrected chi connectivity index (χ0v) is 6.71. The van der Waals surface area contributed by atoms with Crippen LogP contribution in [0.5, 0.6) is 0 Å². The highest BCUT2D eigenvalue weighted by Gasteiger charge is 2.63. The molecule has 0 N–H and O–H groups in total. The van der Waals surface area contributed by atoms with E-state index in [1.54, 1.807) is 0 Å². The van der Waals surface area contributed by atoms with E-state index in [9.17, 15) is 0 Å². The maximum absolute atomic E-state index is 5.74. The van der Waals surface area contributed by atoms with Crippen LogP contribution in [0, 0.1) is 5.92 Å². The summed E-state index contributed by atoms with van der Waals surface area (Å²) in [6.45, 7) is 1.81. The van der Waals surface area contributed by atoms with Crippen molar-refractivity contribution in [1.82, 2.24) is 0 Å². The average Bonchev–Trinajstić information content (AvgIpc) is 2.75. The predicted molar refractivity (Wildman–Crippen MR) is 40.4 cm³/mol. The second kappa shape index (κ2) is 1.99. The monoisotopic (exact) mass is 154 g/mol. The minimum atomic E-state index is 0.316. The molecule has 2 saturated heterocycles. The van der Waals surface area contributed by atoms with Crippen LogP contribution in [0.3, 0.4) is 0 Å². The van der Waals surface area contributed by atoms with Crippen molar-refractivity contribution in [3.63, 3.8) is 0 Å². The molecule has 2 heteroatoms. The zero-order valence-electron chi connectivity index (χ0n) is 6.71. The minimum absolute atomic E-state index is 0.316. The van der Waals surface area contributed by atoms with E-state index in [1.165, 1.54) is 25.7 Å². The highest BCUT2D eigenvalue weighted by molar-refractivity contribution is 5.10. The quantitative estimate of drug-likeness (QED) is 0.491. The first-order valence-electron chi connectivity index (χ1n) is 4.67. The molecular formula is C9H14O2. The molecule has 0 aromatic heterocycles. The van der Waals surface area contributed by atoms with E-state index in [4.69, 9.17) is 9.47 Å². The van der Waals surface area contributed by atoms with Gasteiger partial charge in [-0.05, 0) is 12.8 Å². The Balaban J connectivity index is 1.84. The van der Waals surface area contributed by atoms with Crippen LogP contribution in [0.2, 0.25) is 0 Å². The Morgan fingerprint density at radius 3 is 3.09 bits per heavy atom. The molecular weight excluding hydrogens is 140 g/mol. The number of epoxide rings is 1. The van der Waals surface area contributed by atoms with Crippen molar-refractivity contribution in [2.45, 2.75) is 37.4 Å². The first kappa shape index (κ1) is 6.44. The van der Waals surface area contributed by atoms with Crippen LogP contribution < -0.4 is 0 Å². The second-order valence-corrected chi connectivity index (χ2v) is 4.04. The third kappa shape index (κ3) is 0.744. The molecule has 2 nitrogen and oxygen atoms in total. The molecule has 0 bridgehead atoms. The van der Waals surface area contributed by atoms with Gasteiger partial charge < -0.3 is 9.47 Å². The molecule has 0 radical (unpaired) electrons. The van der Waals surface area contributed by atoms with Crippen molar-refractivity contribution in [2.75, 3.05) is 13.2 Å². The van der Waals surface area contributed by atoms with Gasteiger partial charge in [-0.2, -0.15) is 0 Å². The Morgan fingerprint density at radius 1 is 1.18 bits per heavy atom. The maximum Gasteiger partial charge on any atom is 0.111 e. The summed E-state index contributed by atoms with van der Waals surface area (Å²) in [7, 11) is 0. The van der Waals surface area contributed by atoms with Crippen LogP contribution in [0.25, 0.3) is 0 Å². The van der Waals surface area contributed by atoms with Gasteiger partial charge in [0.15, 0.2) is 0 Å². The van der Waals surface area contributed by atoms with Crippen LogP contribution in [-0.4, -0.2) is 24.9 Å². The lowest BCUT2D eigenvalue weighted by Gasteiger charge is -2.32. The van der Waals surface area contributed by atoms with Crippen LogP contribution in [0.1, 0.15) is 25.7 Å². The fourth-order valence-corrected chi connectivity index (χ4v) is 2.77. The standard InChI is InChI=1S/C9H14O2/c1-2-4-9-7(3-1)5-10-6-8(9)11-9/h7-8H,1-6H2/t7?,8?,9-/m1/s1. The third-order valence-electron chi connectivity index (χ3n) is 3.50. The van der Waals surface area contributed by atoms with Gasteiger partial charge in [0.25, 0.3) is 0 Å². The highest BCUT2D eigenvalue weighted by Crippen LogP contribution is 2.53. The first-order valence-corrected chi connectivity index (χ1v) is 4.67. The van der Waals surface area contributed by atoms with Gasteiger partial charge in [0.05, 0.1) is 13.2 Å². The van der Waals surface area contributed by atoms with E-state index < -0.39 is 0 Å². The smallest absolute Gasteiger partial charge is 0.111 e. The van der Waals surface area contributed by atoms with Gasteiger partial charge >= 0.3 is 0 Å². The SMILES string of the molecule is C1CC[C@]23OC2COCC3C1. The molecule has 3 atom stereocenters. The van der Waals surface area contributed by atoms with E-state index in [0.29, 0.717) is 11.7 Å². The lowest BCUT2D eigenvalue weighted by molar-refractivity contribution is 0.0308. The molecule has 3 rings (SSSR count). The number of hydrogen-bond donors (Lipinski definition) is 0. The molecule has 62 valence electrons. The van der Waals surface area contributed by atoms with Gasteiger partial charge in [0.1, 0.15) is 11.7 Å². The van der Waals surface area contributed by atoms with E-state index in [0.717, 1.165) is 19.1 Å². The Morgan fingerprint density at radius 2 is 2.18 bits per heavy atom. The minimum Gasteiger partial charge on any atom is -0.378 e. The Hall–Kier alpha value is -0.0800. The molecule has 1 saturated carbocycles. The van der Waals surface area contributed by atoms with E-state index in [-0.39, 0.29) is 0 Å². The van der Waals surface area contributed by atoms with Crippen LogP contribution in [0.4, 0.5) is 0 Å². The lowest BCUT2D eigenvalue weighted by atomic mass is 9.76. The molecule has 2 aliphatic heterocycles. The van der Waals surface area contributed by atoms with Gasteiger partial charge in [-0.1, -0.05) is 12.8 Å². The molecule has 3 aliphatic rings.